The lowest BCUT2D eigenvalue weighted by atomic mass is 9.89. The lowest BCUT2D eigenvalue weighted by molar-refractivity contribution is 0.242. The van der Waals surface area contributed by atoms with Crippen LogP contribution < -0.4 is 15.4 Å². The average molecular weight is 417 g/mol. The van der Waals surface area contributed by atoms with Crippen molar-refractivity contribution in [3.05, 3.63) is 59.1 Å². The molecule has 1 aliphatic rings. The molecule has 0 aliphatic heterocycles. The maximum absolute atomic E-state index is 6.35. The van der Waals surface area contributed by atoms with Gasteiger partial charge in [-0.1, -0.05) is 48.7 Å². The van der Waals surface area contributed by atoms with E-state index in [0.717, 1.165) is 42.1 Å². The summed E-state index contributed by atoms with van der Waals surface area (Å²) in [6, 6.07) is 16.0. The monoisotopic (exact) mass is 416 g/mol. The number of benzene rings is 2. The van der Waals surface area contributed by atoms with E-state index < -0.39 is 0 Å². The normalized spacial score (nSPS) is 15.4. The van der Waals surface area contributed by atoms with Crippen LogP contribution in [0.4, 0.5) is 5.69 Å². The first-order valence-corrected chi connectivity index (χ1v) is 10.8. The molecule has 1 saturated carbocycles. The topological polar surface area (TPSA) is 33.3 Å². The summed E-state index contributed by atoms with van der Waals surface area (Å²) in [7, 11) is 0. The predicted molar refractivity (Wildman–Crippen MR) is 123 cm³/mol. The number of thiocarbonyl (C=S) groups is 1. The van der Waals surface area contributed by atoms with E-state index in [1.807, 2.05) is 56.3 Å². The zero-order valence-corrected chi connectivity index (χ0v) is 18.2. The number of ether oxygens (including phenoxy) is 1. The molecule has 2 aromatic rings. The minimum Gasteiger partial charge on any atom is -0.491 e. The highest BCUT2D eigenvalue weighted by atomic mass is 35.5. The predicted octanol–water partition coefficient (Wildman–Crippen LogP) is 6.36. The van der Waals surface area contributed by atoms with Gasteiger partial charge in [0.1, 0.15) is 5.75 Å². The van der Waals surface area contributed by atoms with E-state index in [2.05, 4.69) is 16.7 Å². The van der Waals surface area contributed by atoms with Crippen LogP contribution in [0.1, 0.15) is 51.5 Å². The molecule has 0 spiro atoms. The Labute approximate surface area is 178 Å². The maximum Gasteiger partial charge on any atom is 0.171 e. The quantitative estimate of drug-likeness (QED) is 0.514. The average Bonchev–Trinajstić information content (AvgIpc) is 3.09. The van der Waals surface area contributed by atoms with E-state index in [1.54, 1.807) is 0 Å². The highest BCUT2D eigenvalue weighted by molar-refractivity contribution is 7.80. The fraction of sp³-hybridized carbons (Fsp3) is 0.435. The fourth-order valence-electron chi connectivity index (χ4n) is 3.89. The number of anilines is 1. The first-order chi connectivity index (χ1) is 13.5. The van der Waals surface area contributed by atoms with Gasteiger partial charge in [0.25, 0.3) is 0 Å². The molecule has 0 aromatic heterocycles. The SMILES string of the molecule is CC(C)Oc1cccc(NC(=S)NC2(CCc3ccccc3Cl)CCCC2)c1. The van der Waals surface area contributed by atoms with Gasteiger partial charge in [0.2, 0.25) is 0 Å². The number of aryl methyl sites for hydroxylation is 1. The Bertz CT molecular complexity index is 803. The van der Waals surface area contributed by atoms with E-state index in [4.69, 9.17) is 28.6 Å². The molecule has 28 heavy (non-hydrogen) atoms. The summed E-state index contributed by atoms with van der Waals surface area (Å²) in [6.45, 7) is 4.05. The number of hydrogen-bond acceptors (Lipinski definition) is 2. The summed E-state index contributed by atoms with van der Waals surface area (Å²) in [5, 5.41) is 8.47. The standard InChI is InChI=1S/C23H29ClN2OS/c1-17(2)27-20-10-7-9-19(16-20)25-22(28)26-23(13-5-6-14-23)15-12-18-8-3-4-11-21(18)24/h3-4,7-11,16-17H,5-6,12-15H2,1-2H3,(H2,25,26,28). The minimum absolute atomic E-state index is 0.0370. The van der Waals surface area contributed by atoms with Crippen molar-refractivity contribution in [3.63, 3.8) is 0 Å². The second kappa shape index (κ2) is 9.62. The molecule has 3 rings (SSSR count). The lowest BCUT2D eigenvalue weighted by Gasteiger charge is -2.32. The van der Waals surface area contributed by atoms with Crippen molar-refractivity contribution >= 4 is 34.6 Å². The van der Waals surface area contributed by atoms with E-state index in [0.29, 0.717) is 5.11 Å². The van der Waals surface area contributed by atoms with Crippen LogP contribution in [0.5, 0.6) is 5.75 Å². The molecule has 2 aromatic carbocycles. The van der Waals surface area contributed by atoms with Gasteiger partial charge in [0.15, 0.2) is 5.11 Å². The Morgan fingerprint density at radius 3 is 2.61 bits per heavy atom. The molecule has 1 aliphatic carbocycles. The summed E-state index contributed by atoms with van der Waals surface area (Å²) in [5.41, 5.74) is 2.18. The van der Waals surface area contributed by atoms with Crippen LogP contribution in [0, 0.1) is 0 Å². The van der Waals surface area contributed by atoms with E-state index in [1.165, 1.54) is 18.4 Å². The molecule has 0 amide bonds. The van der Waals surface area contributed by atoms with Crippen LogP contribution in [0.3, 0.4) is 0 Å². The van der Waals surface area contributed by atoms with Crippen molar-refractivity contribution < 1.29 is 4.74 Å². The Morgan fingerprint density at radius 2 is 1.89 bits per heavy atom. The summed E-state index contributed by atoms with van der Waals surface area (Å²) >= 11 is 12.0. The van der Waals surface area contributed by atoms with Crippen molar-refractivity contribution in [1.82, 2.24) is 5.32 Å². The molecule has 2 N–H and O–H groups in total. The number of halogens is 1. The first kappa shape index (κ1) is 20.9. The van der Waals surface area contributed by atoms with Gasteiger partial charge in [-0.05, 0) is 75.5 Å². The van der Waals surface area contributed by atoms with Crippen molar-refractivity contribution in [2.75, 3.05) is 5.32 Å². The van der Waals surface area contributed by atoms with Gasteiger partial charge in [-0.3, -0.25) is 0 Å². The van der Waals surface area contributed by atoms with Gasteiger partial charge in [0.05, 0.1) is 6.10 Å². The largest absolute Gasteiger partial charge is 0.491 e. The van der Waals surface area contributed by atoms with E-state index in [9.17, 15) is 0 Å². The van der Waals surface area contributed by atoms with Crippen molar-refractivity contribution in [2.24, 2.45) is 0 Å². The number of rotatable bonds is 7. The molecule has 0 saturated heterocycles. The van der Waals surface area contributed by atoms with Crippen molar-refractivity contribution in [1.29, 1.82) is 0 Å². The summed E-state index contributed by atoms with van der Waals surface area (Å²) in [6.07, 6.45) is 6.85. The third-order valence-corrected chi connectivity index (χ3v) is 5.81. The van der Waals surface area contributed by atoms with Crippen LogP contribution in [-0.2, 0) is 6.42 Å². The van der Waals surface area contributed by atoms with Crippen LogP contribution in [0.2, 0.25) is 5.02 Å². The Kier molecular flexibility index (Phi) is 7.19. The number of hydrogen-bond donors (Lipinski definition) is 2. The first-order valence-electron chi connectivity index (χ1n) is 10.1. The molecule has 3 nitrogen and oxygen atoms in total. The fourth-order valence-corrected chi connectivity index (χ4v) is 4.45. The van der Waals surface area contributed by atoms with Crippen LogP contribution in [-0.4, -0.2) is 16.8 Å². The van der Waals surface area contributed by atoms with Crippen LogP contribution >= 0.6 is 23.8 Å². The third kappa shape index (κ3) is 5.86. The molecular weight excluding hydrogens is 388 g/mol. The van der Waals surface area contributed by atoms with Crippen molar-refractivity contribution in [3.8, 4) is 5.75 Å². The highest BCUT2D eigenvalue weighted by Gasteiger charge is 2.34. The molecule has 0 heterocycles. The molecule has 150 valence electrons. The lowest BCUT2D eigenvalue weighted by Crippen LogP contribution is -2.48. The second-order valence-corrected chi connectivity index (χ2v) is 8.67. The zero-order valence-electron chi connectivity index (χ0n) is 16.6. The highest BCUT2D eigenvalue weighted by Crippen LogP contribution is 2.34. The molecule has 0 bridgehead atoms. The molecule has 0 atom stereocenters. The second-order valence-electron chi connectivity index (χ2n) is 7.85. The summed E-state index contributed by atoms with van der Waals surface area (Å²) in [4.78, 5) is 0. The van der Waals surface area contributed by atoms with Crippen LogP contribution in [0.25, 0.3) is 0 Å². The molecular formula is C23H29ClN2OS. The van der Waals surface area contributed by atoms with Crippen molar-refractivity contribution in [2.45, 2.75) is 64.0 Å². The summed E-state index contributed by atoms with van der Waals surface area (Å²) < 4.78 is 5.77. The van der Waals surface area contributed by atoms with Gasteiger partial charge in [-0.15, -0.1) is 0 Å². The Balaban J connectivity index is 1.62. The summed E-state index contributed by atoms with van der Waals surface area (Å²) in [5.74, 6) is 0.845. The number of nitrogens with one attached hydrogen (secondary N) is 2. The van der Waals surface area contributed by atoms with E-state index >= 15 is 0 Å². The van der Waals surface area contributed by atoms with Gasteiger partial charge in [-0.25, -0.2) is 0 Å². The molecule has 5 heteroatoms. The Hall–Kier alpha value is -1.78. The zero-order chi connectivity index (χ0) is 20.0. The van der Waals surface area contributed by atoms with Gasteiger partial charge < -0.3 is 15.4 Å². The smallest absolute Gasteiger partial charge is 0.171 e. The molecule has 1 fully saturated rings. The van der Waals surface area contributed by atoms with Gasteiger partial charge in [-0.2, -0.15) is 0 Å². The van der Waals surface area contributed by atoms with E-state index in [-0.39, 0.29) is 11.6 Å². The molecule has 0 unspecified atom stereocenters. The minimum atomic E-state index is 0.0370. The molecule has 0 radical (unpaired) electrons. The third-order valence-electron chi connectivity index (χ3n) is 5.23. The Morgan fingerprint density at radius 1 is 1.14 bits per heavy atom. The van der Waals surface area contributed by atoms with Crippen LogP contribution in [0.15, 0.2) is 48.5 Å². The van der Waals surface area contributed by atoms with Gasteiger partial charge >= 0.3 is 0 Å². The maximum atomic E-state index is 6.35. The van der Waals surface area contributed by atoms with Gasteiger partial charge in [0, 0.05) is 22.3 Å².